The number of likely N-dealkylation sites (N-methyl/N-ethyl adjacent to an activating group) is 1. The van der Waals surface area contributed by atoms with Crippen molar-refractivity contribution in [1.29, 1.82) is 0 Å². The van der Waals surface area contributed by atoms with Gasteiger partial charge in [-0.25, -0.2) is 0 Å². The molecule has 2 nitrogen and oxygen atoms in total. The molecule has 1 rings (SSSR count). The Morgan fingerprint density at radius 3 is 2.65 bits per heavy atom. The second-order valence-electron chi connectivity index (χ2n) is 5.51. The van der Waals surface area contributed by atoms with Crippen molar-refractivity contribution in [2.75, 3.05) is 39.0 Å². The summed E-state index contributed by atoms with van der Waals surface area (Å²) in [5, 5.41) is 0. The number of nitrogens with zero attached hydrogens (tertiary/aromatic N) is 2. The first-order valence-corrected chi connectivity index (χ1v) is 7.87. The molecule has 0 aromatic heterocycles. The van der Waals surface area contributed by atoms with Crippen LogP contribution < -0.4 is 0 Å². The Kier molecular flexibility index (Phi) is 7.56. The zero-order chi connectivity index (χ0) is 12.7. The summed E-state index contributed by atoms with van der Waals surface area (Å²) in [7, 11) is 2.26. The van der Waals surface area contributed by atoms with Crippen LogP contribution in [0, 0.1) is 5.92 Å². The highest BCUT2D eigenvalue weighted by Crippen LogP contribution is 2.17. The van der Waals surface area contributed by atoms with Crippen LogP contribution >= 0.6 is 12.6 Å². The Morgan fingerprint density at radius 2 is 2.06 bits per heavy atom. The summed E-state index contributed by atoms with van der Waals surface area (Å²) in [5.74, 6) is 1.82. The zero-order valence-electron chi connectivity index (χ0n) is 11.9. The van der Waals surface area contributed by atoms with Gasteiger partial charge in [-0.05, 0) is 51.1 Å². The van der Waals surface area contributed by atoms with Crippen molar-refractivity contribution < 1.29 is 0 Å². The lowest BCUT2D eigenvalue weighted by Gasteiger charge is -2.32. The Bertz CT molecular complexity index is 199. The third-order valence-electron chi connectivity index (χ3n) is 3.94. The summed E-state index contributed by atoms with van der Waals surface area (Å²) in [6, 6.07) is 0.752. The van der Waals surface area contributed by atoms with Gasteiger partial charge in [0.1, 0.15) is 0 Å². The van der Waals surface area contributed by atoms with Crippen LogP contribution in [0.2, 0.25) is 0 Å². The first-order chi connectivity index (χ1) is 8.21. The second kappa shape index (κ2) is 8.39. The molecule has 1 saturated heterocycles. The highest BCUT2D eigenvalue weighted by Gasteiger charge is 2.23. The van der Waals surface area contributed by atoms with Gasteiger partial charge < -0.3 is 4.90 Å². The molecule has 3 heteroatoms. The second-order valence-corrected chi connectivity index (χ2v) is 5.88. The Labute approximate surface area is 113 Å². The third-order valence-corrected chi connectivity index (χ3v) is 4.46. The fraction of sp³-hybridized carbons (Fsp3) is 1.00. The van der Waals surface area contributed by atoms with Gasteiger partial charge in [-0.15, -0.1) is 0 Å². The Balaban J connectivity index is 2.52. The van der Waals surface area contributed by atoms with Crippen LogP contribution in [0.4, 0.5) is 0 Å². The van der Waals surface area contributed by atoms with Crippen LogP contribution in [0.15, 0.2) is 0 Å². The Hall–Kier alpha value is 0.270. The van der Waals surface area contributed by atoms with Gasteiger partial charge in [0.15, 0.2) is 0 Å². The van der Waals surface area contributed by atoms with Crippen molar-refractivity contribution in [3.05, 3.63) is 0 Å². The van der Waals surface area contributed by atoms with Crippen molar-refractivity contribution in [1.82, 2.24) is 9.80 Å². The van der Waals surface area contributed by atoms with Gasteiger partial charge >= 0.3 is 0 Å². The minimum absolute atomic E-state index is 0.752. The minimum Gasteiger partial charge on any atom is -0.305 e. The fourth-order valence-corrected chi connectivity index (χ4v) is 3.20. The maximum Gasteiger partial charge on any atom is 0.0220 e. The maximum absolute atomic E-state index is 4.52. The molecular weight excluding hydrogens is 228 g/mol. The van der Waals surface area contributed by atoms with Gasteiger partial charge in [-0.1, -0.05) is 20.3 Å². The molecule has 0 aromatic rings. The molecule has 1 aliphatic rings. The fourth-order valence-electron chi connectivity index (χ4n) is 2.90. The molecule has 0 aromatic carbocycles. The minimum atomic E-state index is 0.752. The van der Waals surface area contributed by atoms with E-state index in [4.69, 9.17) is 0 Å². The number of hydrogen-bond acceptors (Lipinski definition) is 3. The van der Waals surface area contributed by atoms with Crippen molar-refractivity contribution in [3.63, 3.8) is 0 Å². The molecule has 0 spiro atoms. The van der Waals surface area contributed by atoms with E-state index in [-0.39, 0.29) is 0 Å². The van der Waals surface area contributed by atoms with Crippen LogP contribution in [0.3, 0.4) is 0 Å². The van der Waals surface area contributed by atoms with Crippen LogP contribution in [0.25, 0.3) is 0 Å². The van der Waals surface area contributed by atoms with E-state index < -0.39 is 0 Å². The van der Waals surface area contributed by atoms with Crippen molar-refractivity contribution in [2.24, 2.45) is 5.92 Å². The van der Waals surface area contributed by atoms with Gasteiger partial charge in [0.2, 0.25) is 0 Å². The Morgan fingerprint density at radius 1 is 1.29 bits per heavy atom. The average molecular weight is 258 g/mol. The van der Waals surface area contributed by atoms with E-state index in [1.54, 1.807) is 0 Å². The molecule has 0 bridgehead atoms. The first-order valence-electron chi connectivity index (χ1n) is 7.24. The molecule has 0 N–H and O–H groups in total. The summed E-state index contributed by atoms with van der Waals surface area (Å²) in [5.41, 5.74) is 0. The predicted octanol–water partition coefficient (Wildman–Crippen LogP) is 2.75. The monoisotopic (exact) mass is 258 g/mol. The highest BCUT2D eigenvalue weighted by atomic mass is 32.1. The lowest BCUT2D eigenvalue weighted by atomic mass is 10.0. The van der Waals surface area contributed by atoms with Crippen LogP contribution in [-0.4, -0.2) is 54.8 Å². The summed E-state index contributed by atoms with van der Waals surface area (Å²) < 4.78 is 0. The van der Waals surface area contributed by atoms with E-state index in [9.17, 15) is 0 Å². The van der Waals surface area contributed by atoms with Crippen molar-refractivity contribution in [2.45, 2.75) is 45.6 Å². The van der Waals surface area contributed by atoms with Gasteiger partial charge in [0, 0.05) is 19.1 Å². The summed E-state index contributed by atoms with van der Waals surface area (Å²) in [4.78, 5) is 5.21. The molecule has 1 fully saturated rings. The normalized spacial score (nSPS) is 25.8. The molecule has 2 unspecified atom stereocenters. The summed E-state index contributed by atoms with van der Waals surface area (Å²) >= 11 is 4.52. The quantitative estimate of drug-likeness (QED) is 0.732. The largest absolute Gasteiger partial charge is 0.305 e. The van der Waals surface area contributed by atoms with Gasteiger partial charge in [-0.2, -0.15) is 12.6 Å². The molecule has 0 aliphatic carbocycles. The number of thiol groups is 1. The van der Waals surface area contributed by atoms with E-state index in [0.717, 1.165) is 17.7 Å². The number of hydrogen-bond donors (Lipinski definition) is 1. The van der Waals surface area contributed by atoms with E-state index in [1.165, 1.54) is 51.9 Å². The van der Waals surface area contributed by atoms with Gasteiger partial charge in [0.25, 0.3) is 0 Å². The maximum atomic E-state index is 4.52. The highest BCUT2D eigenvalue weighted by molar-refractivity contribution is 7.80. The van der Waals surface area contributed by atoms with E-state index in [0.29, 0.717) is 0 Å². The molecule has 102 valence electrons. The van der Waals surface area contributed by atoms with Gasteiger partial charge in [0.05, 0.1) is 0 Å². The molecule has 0 amide bonds. The number of rotatable bonds is 6. The standard InChI is InChI=1S/C14H30N2S/c1-4-7-13(12-17)10-16-9-6-8-15(3)11-14(16)5-2/h13-14,17H,4-12H2,1-3H3. The molecule has 17 heavy (non-hydrogen) atoms. The smallest absolute Gasteiger partial charge is 0.0220 e. The average Bonchev–Trinajstić information content (AvgIpc) is 2.50. The van der Waals surface area contributed by atoms with E-state index in [2.05, 4.69) is 43.3 Å². The van der Waals surface area contributed by atoms with Crippen LogP contribution in [0.5, 0.6) is 0 Å². The molecule has 0 radical (unpaired) electrons. The predicted molar refractivity (Wildman–Crippen MR) is 80.0 cm³/mol. The van der Waals surface area contributed by atoms with Gasteiger partial charge in [-0.3, -0.25) is 4.90 Å². The summed E-state index contributed by atoms with van der Waals surface area (Å²) in [6.07, 6.45) is 5.20. The topological polar surface area (TPSA) is 6.48 Å². The van der Waals surface area contributed by atoms with Crippen LogP contribution in [0.1, 0.15) is 39.5 Å². The van der Waals surface area contributed by atoms with Crippen LogP contribution in [-0.2, 0) is 0 Å². The SMILES string of the molecule is CCCC(CS)CN1CCCN(C)CC1CC. The molecular formula is C14H30N2S. The summed E-state index contributed by atoms with van der Waals surface area (Å²) in [6.45, 7) is 9.63. The lowest BCUT2D eigenvalue weighted by molar-refractivity contribution is 0.160. The first kappa shape index (κ1) is 15.3. The van der Waals surface area contributed by atoms with E-state index in [1.807, 2.05) is 0 Å². The molecule has 0 saturated carbocycles. The van der Waals surface area contributed by atoms with Crippen molar-refractivity contribution >= 4 is 12.6 Å². The van der Waals surface area contributed by atoms with E-state index >= 15 is 0 Å². The lowest BCUT2D eigenvalue weighted by Crippen LogP contribution is -2.42. The molecule has 1 heterocycles. The zero-order valence-corrected chi connectivity index (χ0v) is 12.8. The third kappa shape index (κ3) is 5.19. The van der Waals surface area contributed by atoms with Crippen molar-refractivity contribution in [3.8, 4) is 0 Å². The molecule has 2 atom stereocenters. The molecule has 1 aliphatic heterocycles.